The summed E-state index contributed by atoms with van der Waals surface area (Å²) in [6.07, 6.45) is 2.50. The summed E-state index contributed by atoms with van der Waals surface area (Å²) in [7, 11) is 2.20. The largest absolute Gasteiger partial charge is 0.374 e. The van der Waals surface area contributed by atoms with Crippen molar-refractivity contribution in [1.29, 1.82) is 0 Å². The van der Waals surface area contributed by atoms with Gasteiger partial charge in [0, 0.05) is 25.8 Å². The monoisotopic (exact) mass is 262 g/mol. The molecule has 0 spiro atoms. The standard InChI is InChI=1S/C17H30N2/c1-6-7-10-19(5)17-9-8-15(4)11-16(17)13-18-12-14(2)3/h8-9,11,14,18H,6-7,10,12-13H2,1-5H3. The van der Waals surface area contributed by atoms with Crippen LogP contribution in [0.25, 0.3) is 0 Å². The zero-order chi connectivity index (χ0) is 14.3. The van der Waals surface area contributed by atoms with E-state index in [0.29, 0.717) is 5.92 Å². The van der Waals surface area contributed by atoms with Crippen LogP contribution in [-0.4, -0.2) is 20.1 Å². The van der Waals surface area contributed by atoms with Gasteiger partial charge < -0.3 is 10.2 Å². The summed E-state index contributed by atoms with van der Waals surface area (Å²) in [5.41, 5.74) is 4.13. The highest BCUT2D eigenvalue weighted by atomic mass is 15.1. The highest BCUT2D eigenvalue weighted by Crippen LogP contribution is 2.21. The van der Waals surface area contributed by atoms with Gasteiger partial charge in [0.2, 0.25) is 0 Å². The van der Waals surface area contributed by atoms with Crippen LogP contribution >= 0.6 is 0 Å². The van der Waals surface area contributed by atoms with Gasteiger partial charge in [-0.1, -0.05) is 44.9 Å². The highest BCUT2D eigenvalue weighted by molar-refractivity contribution is 5.54. The van der Waals surface area contributed by atoms with Crippen LogP contribution in [0, 0.1) is 12.8 Å². The molecule has 0 bridgehead atoms. The molecule has 2 nitrogen and oxygen atoms in total. The third kappa shape index (κ3) is 5.65. The summed E-state index contributed by atoms with van der Waals surface area (Å²) >= 11 is 0. The normalized spacial score (nSPS) is 11.1. The molecule has 1 aromatic rings. The summed E-state index contributed by atoms with van der Waals surface area (Å²) in [6, 6.07) is 6.78. The number of unbranched alkanes of at least 4 members (excludes halogenated alkanes) is 1. The molecule has 0 aliphatic heterocycles. The molecule has 1 N–H and O–H groups in total. The lowest BCUT2D eigenvalue weighted by Gasteiger charge is -2.23. The van der Waals surface area contributed by atoms with Gasteiger partial charge in [0.1, 0.15) is 0 Å². The average molecular weight is 262 g/mol. The van der Waals surface area contributed by atoms with Crippen molar-refractivity contribution in [3.05, 3.63) is 29.3 Å². The fourth-order valence-electron chi connectivity index (χ4n) is 2.24. The third-order valence-electron chi connectivity index (χ3n) is 3.36. The molecule has 0 radical (unpaired) electrons. The molecule has 1 rings (SSSR count). The molecule has 0 heterocycles. The lowest BCUT2D eigenvalue weighted by Crippen LogP contribution is -2.23. The van der Waals surface area contributed by atoms with Crippen molar-refractivity contribution in [2.75, 3.05) is 25.0 Å². The fraction of sp³-hybridized carbons (Fsp3) is 0.647. The van der Waals surface area contributed by atoms with Gasteiger partial charge in [0.15, 0.2) is 0 Å². The quantitative estimate of drug-likeness (QED) is 0.762. The van der Waals surface area contributed by atoms with E-state index in [1.165, 1.54) is 29.7 Å². The minimum atomic E-state index is 0.700. The minimum absolute atomic E-state index is 0.700. The van der Waals surface area contributed by atoms with Crippen LogP contribution in [0.15, 0.2) is 18.2 Å². The Bertz CT molecular complexity index is 372. The predicted molar refractivity (Wildman–Crippen MR) is 85.9 cm³/mol. The summed E-state index contributed by atoms with van der Waals surface area (Å²) in [5.74, 6) is 0.700. The zero-order valence-corrected chi connectivity index (χ0v) is 13.3. The first-order valence-electron chi connectivity index (χ1n) is 7.56. The van der Waals surface area contributed by atoms with Crippen LogP contribution < -0.4 is 10.2 Å². The number of nitrogens with one attached hydrogen (secondary N) is 1. The second-order valence-electron chi connectivity index (χ2n) is 5.93. The topological polar surface area (TPSA) is 15.3 Å². The van der Waals surface area contributed by atoms with Crippen LogP contribution in [0.3, 0.4) is 0 Å². The molecule has 19 heavy (non-hydrogen) atoms. The second kappa shape index (κ2) is 8.21. The smallest absolute Gasteiger partial charge is 0.0409 e. The molecule has 0 atom stereocenters. The lowest BCUT2D eigenvalue weighted by molar-refractivity contribution is 0.552. The molecule has 1 aromatic carbocycles. The Morgan fingerprint density at radius 1 is 1.26 bits per heavy atom. The maximum Gasteiger partial charge on any atom is 0.0409 e. The van der Waals surface area contributed by atoms with Crippen molar-refractivity contribution in [3.63, 3.8) is 0 Å². The van der Waals surface area contributed by atoms with Gasteiger partial charge in [0.05, 0.1) is 0 Å². The first kappa shape index (κ1) is 16.0. The Morgan fingerprint density at radius 2 is 2.00 bits per heavy atom. The number of hydrogen-bond acceptors (Lipinski definition) is 2. The van der Waals surface area contributed by atoms with Gasteiger partial charge >= 0.3 is 0 Å². The van der Waals surface area contributed by atoms with Crippen molar-refractivity contribution in [2.24, 2.45) is 5.92 Å². The van der Waals surface area contributed by atoms with E-state index in [2.05, 4.69) is 63.2 Å². The maximum atomic E-state index is 3.55. The Kier molecular flexibility index (Phi) is 6.93. The first-order chi connectivity index (χ1) is 9.04. The molecule has 2 heteroatoms. The van der Waals surface area contributed by atoms with E-state index in [9.17, 15) is 0 Å². The molecule has 0 saturated carbocycles. The van der Waals surface area contributed by atoms with Crippen LogP contribution in [-0.2, 0) is 6.54 Å². The van der Waals surface area contributed by atoms with Crippen molar-refractivity contribution in [3.8, 4) is 0 Å². The molecule has 0 aliphatic rings. The third-order valence-corrected chi connectivity index (χ3v) is 3.36. The number of anilines is 1. The second-order valence-corrected chi connectivity index (χ2v) is 5.93. The van der Waals surface area contributed by atoms with Gasteiger partial charge in [-0.05, 0) is 37.4 Å². The van der Waals surface area contributed by atoms with Crippen molar-refractivity contribution >= 4 is 5.69 Å². The van der Waals surface area contributed by atoms with Gasteiger partial charge in [-0.3, -0.25) is 0 Å². The van der Waals surface area contributed by atoms with Crippen LogP contribution in [0.5, 0.6) is 0 Å². The SMILES string of the molecule is CCCCN(C)c1ccc(C)cc1CNCC(C)C. The predicted octanol–water partition coefficient (Wildman–Crippen LogP) is 3.98. The van der Waals surface area contributed by atoms with E-state index >= 15 is 0 Å². The Hall–Kier alpha value is -1.02. The van der Waals surface area contributed by atoms with Crippen LogP contribution in [0.2, 0.25) is 0 Å². The molecule has 0 aliphatic carbocycles. The first-order valence-corrected chi connectivity index (χ1v) is 7.56. The van der Waals surface area contributed by atoms with Gasteiger partial charge in [0.25, 0.3) is 0 Å². The van der Waals surface area contributed by atoms with Gasteiger partial charge in [-0.15, -0.1) is 0 Å². The molecule has 0 fully saturated rings. The number of aryl methyl sites for hydroxylation is 1. The summed E-state index contributed by atoms with van der Waals surface area (Å²) in [6.45, 7) is 12.1. The van der Waals surface area contributed by atoms with E-state index in [1.807, 2.05) is 0 Å². The lowest BCUT2D eigenvalue weighted by atomic mass is 10.1. The molecule has 0 aromatic heterocycles. The van der Waals surface area contributed by atoms with E-state index in [1.54, 1.807) is 0 Å². The van der Waals surface area contributed by atoms with E-state index < -0.39 is 0 Å². The summed E-state index contributed by atoms with van der Waals surface area (Å²) in [5, 5.41) is 3.55. The van der Waals surface area contributed by atoms with Crippen molar-refractivity contribution < 1.29 is 0 Å². The van der Waals surface area contributed by atoms with Crippen molar-refractivity contribution in [1.82, 2.24) is 5.32 Å². The molecule has 108 valence electrons. The van der Waals surface area contributed by atoms with Crippen LogP contribution in [0.1, 0.15) is 44.7 Å². The Morgan fingerprint density at radius 3 is 2.63 bits per heavy atom. The number of nitrogens with zero attached hydrogens (tertiary/aromatic N) is 1. The van der Waals surface area contributed by atoms with E-state index in [-0.39, 0.29) is 0 Å². The Labute approximate surface area is 119 Å². The molecule has 0 unspecified atom stereocenters. The fourth-order valence-corrected chi connectivity index (χ4v) is 2.24. The summed E-state index contributed by atoms with van der Waals surface area (Å²) < 4.78 is 0. The number of rotatable bonds is 8. The zero-order valence-electron chi connectivity index (χ0n) is 13.3. The molecular weight excluding hydrogens is 232 g/mol. The minimum Gasteiger partial charge on any atom is -0.374 e. The molecule has 0 amide bonds. The average Bonchev–Trinajstić information content (AvgIpc) is 2.35. The molecule has 0 saturated heterocycles. The van der Waals surface area contributed by atoms with Crippen LogP contribution in [0.4, 0.5) is 5.69 Å². The number of benzene rings is 1. The van der Waals surface area contributed by atoms with Crippen molar-refractivity contribution in [2.45, 2.75) is 47.1 Å². The maximum absolute atomic E-state index is 3.55. The summed E-state index contributed by atoms with van der Waals surface area (Å²) in [4.78, 5) is 2.38. The van der Waals surface area contributed by atoms with Gasteiger partial charge in [-0.25, -0.2) is 0 Å². The van der Waals surface area contributed by atoms with E-state index in [0.717, 1.165) is 19.6 Å². The highest BCUT2D eigenvalue weighted by Gasteiger charge is 2.07. The van der Waals surface area contributed by atoms with Gasteiger partial charge in [-0.2, -0.15) is 0 Å². The number of hydrogen-bond donors (Lipinski definition) is 1. The van der Waals surface area contributed by atoms with E-state index in [4.69, 9.17) is 0 Å². The Balaban J connectivity index is 2.73. The molecular formula is C17H30N2.